The molecule has 6 heteroatoms. The molecular formula is C19H31N3O3. The lowest BCUT2D eigenvalue weighted by Gasteiger charge is -2.38. The Kier molecular flexibility index (Phi) is 6.67. The van der Waals surface area contributed by atoms with Crippen LogP contribution in [-0.4, -0.2) is 61.6 Å². The molecule has 1 aromatic carbocycles. The fraction of sp³-hybridized carbons (Fsp3) is 0.632. The maximum atomic E-state index is 12.6. The van der Waals surface area contributed by atoms with Crippen LogP contribution < -0.4 is 15.2 Å². The van der Waals surface area contributed by atoms with E-state index in [0.29, 0.717) is 19.5 Å². The molecule has 1 aromatic rings. The molecule has 140 valence electrons. The largest absolute Gasteiger partial charge is 0.497 e. The van der Waals surface area contributed by atoms with E-state index < -0.39 is 5.54 Å². The molecule has 0 saturated carbocycles. The van der Waals surface area contributed by atoms with Gasteiger partial charge in [-0.25, -0.2) is 0 Å². The van der Waals surface area contributed by atoms with E-state index in [0.717, 1.165) is 43.1 Å². The van der Waals surface area contributed by atoms with Gasteiger partial charge in [0.2, 0.25) is 5.91 Å². The smallest absolute Gasteiger partial charge is 0.242 e. The molecule has 0 aromatic heterocycles. The molecule has 1 saturated heterocycles. The first-order valence-electron chi connectivity index (χ1n) is 8.92. The first-order valence-corrected chi connectivity index (χ1v) is 8.92. The Balaban J connectivity index is 1.96. The zero-order valence-corrected chi connectivity index (χ0v) is 15.9. The van der Waals surface area contributed by atoms with E-state index in [4.69, 9.17) is 15.2 Å². The summed E-state index contributed by atoms with van der Waals surface area (Å²) in [5.74, 6) is 1.74. The number of nitrogens with zero attached hydrogens (tertiary/aromatic N) is 2. The van der Waals surface area contributed by atoms with Crippen LogP contribution >= 0.6 is 0 Å². The van der Waals surface area contributed by atoms with Crippen molar-refractivity contribution in [1.29, 1.82) is 0 Å². The molecule has 2 rings (SSSR count). The second kappa shape index (κ2) is 8.54. The molecule has 0 spiro atoms. The Hall–Kier alpha value is -1.79. The van der Waals surface area contributed by atoms with E-state index in [1.54, 1.807) is 14.2 Å². The number of carbonyl (C=O) groups is 1. The van der Waals surface area contributed by atoms with Gasteiger partial charge < -0.3 is 20.1 Å². The second-order valence-electron chi connectivity index (χ2n) is 6.91. The van der Waals surface area contributed by atoms with Crippen LogP contribution in [0.25, 0.3) is 0 Å². The van der Waals surface area contributed by atoms with Crippen molar-refractivity contribution in [3.8, 4) is 11.5 Å². The standard InChI is InChI=1S/C19H31N3O3/c1-5-8-19(2,20)18(23)22-11-9-21(10-12-22)14-15-13-16(24-3)6-7-17(15)25-4/h6-7,13H,5,8-12,14,20H2,1-4H3. The monoisotopic (exact) mass is 349 g/mol. The van der Waals surface area contributed by atoms with Gasteiger partial charge in [-0.2, -0.15) is 0 Å². The van der Waals surface area contributed by atoms with Gasteiger partial charge >= 0.3 is 0 Å². The van der Waals surface area contributed by atoms with E-state index in [-0.39, 0.29) is 5.91 Å². The minimum absolute atomic E-state index is 0.0629. The van der Waals surface area contributed by atoms with Crippen molar-refractivity contribution in [2.75, 3.05) is 40.4 Å². The highest BCUT2D eigenvalue weighted by Crippen LogP contribution is 2.26. The molecule has 1 heterocycles. The zero-order chi connectivity index (χ0) is 18.4. The van der Waals surface area contributed by atoms with E-state index >= 15 is 0 Å². The van der Waals surface area contributed by atoms with Gasteiger partial charge in [0.15, 0.2) is 0 Å². The van der Waals surface area contributed by atoms with Crippen LogP contribution in [0.3, 0.4) is 0 Å². The van der Waals surface area contributed by atoms with Gasteiger partial charge in [0, 0.05) is 38.3 Å². The van der Waals surface area contributed by atoms with Crippen molar-refractivity contribution in [3.05, 3.63) is 23.8 Å². The summed E-state index contributed by atoms with van der Waals surface area (Å²) in [5, 5.41) is 0. The molecule has 0 aliphatic carbocycles. The van der Waals surface area contributed by atoms with Gasteiger partial charge in [-0.1, -0.05) is 13.3 Å². The van der Waals surface area contributed by atoms with Crippen molar-refractivity contribution in [2.24, 2.45) is 5.73 Å². The number of hydrogen-bond donors (Lipinski definition) is 1. The van der Waals surface area contributed by atoms with Gasteiger partial charge in [0.1, 0.15) is 11.5 Å². The Bertz CT molecular complexity index is 581. The molecule has 1 fully saturated rings. The molecule has 25 heavy (non-hydrogen) atoms. The molecule has 0 bridgehead atoms. The quantitative estimate of drug-likeness (QED) is 0.814. The fourth-order valence-electron chi connectivity index (χ4n) is 3.34. The van der Waals surface area contributed by atoms with Gasteiger partial charge in [-0.15, -0.1) is 0 Å². The highest BCUT2D eigenvalue weighted by Gasteiger charge is 2.33. The Morgan fingerprint density at radius 1 is 1.20 bits per heavy atom. The summed E-state index contributed by atoms with van der Waals surface area (Å²) in [5.41, 5.74) is 6.53. The Morgan fingerprint density at radius 3 is 2.44 bits per heavy atom. The number of piperazine rings is 1. The minimum atomic E-state index is -0.757. The average Bonchev–Trinajstić information content (AvgIpc) is 2.61. The SMILES string of the molecule is CCCC(C)(N)C(=O)N1CCN(Cc2cc(OC)ccc2OC)CC1. The maximum Gasteiger partial charge on any atom is 0.242 e. The highest BCUT2D eigenvalue weighted by molar-refractivity contribution is 5.85. The average molecular weight is 349 g/mol. The van der Waals surface area contributed by atoms with E-state index in [2.05, 4.69) is 11.8 Å². The van der Waals surface area contributed by atoms with E-state index in [1.807, 2.05) is 30.0 Å². The van der Waals surface area contributed by atoms with Crippen molar-refractivity contribution in [2.45, 2.75) is 38.8 Å². The third kappa shape index (κ3) is 4.86. The van der Waals surface area contributed by atoms with Crippen molar-refractivity contribution in [1.82, 2.24) is 9.80 Å². The number of hydrogen-bond acceptors (Lipinski definition) is 5. The van der Waals surface area contributed by atoms with Crippen LogP contribution in [0.2, 0.25) is 0 Å². The van der Waals surface area contributed by atoms with Crippen LogP contribution in [0.4, 0.5) is 0 Å². The van der Waals surface area contributed by atoms with Gasteiger partial charge in [0.25, 0.3) is 0 Å². The topological polar surface area (TPSA) is 68.0 Å². The first-order chi connectivity index (χ1) is 11.9. The van der Waals surface area contributed by atoms with E-state index in [9.17, 15) is 4.79 Å². The molecule has 1 amide bonds. The number of ether oxygens (including phenoxy) is 2. The summed E-state index contributed by atoms with van der Waals surface area (Å²) in [7, 11) is 3.34. The lowest BCUT2D eigenvalue weighted by atomic mass is 9.95. The lowest BCUT2D eigenvalue weighted by molar-refractivity contribution is -0.138. The number of nitrogens with two attached hydrogens (primary N) is 1. The Labute approximate surface area is 150 Å². The normalized spacial score (nSPS) is 17.9. The summed E-state index contributed by atoms with van der Waals surface area (Å²) < 4.78 is 10.8. The fourth-order valence-corrected chi connectivity index (χ4v) is 3.34. The van der Waals surface area contributed by atoms with Gasteiger partial charge in [0.05, 0.1) is 19.8 Å². The van der Waals surface area contributed by atoms with Crippen LogP contribution in [0.1, 0.15) is 32.3 Å². The predicted molar refractivity (Wildman–Crippen MR) is 98.9 cm³/mol. The van der Waals surface area contributed by atoms with Crippen LogP contribution in [0.15, 0.2) is 18.2 Å². The minimum Gasteiger partial charge on any atom is -0.497 e. The lowest BCUT2D eigenvalue weighted by Crippen LogP contribution is -2.58. The zero-order valence-electron chi connectivity index (χ0n) is 15.9. The van der Waals surface area contributed by atoms with Gasteiger partial charge in [-0.05, 0) is 31.5 Å². The highest BCUT2D eigenvalue weighted by atomic mass is 16.5. The van der Waals surface area contributed by atoms with E-state index in [1.165, 1.54) is 0 Å². The van der Waals surface area contributed by atoms with Crippen LogP contribution in [0.5, 0.6) is 11.5 Å². The molecule has 2 N–H and O–H groups in total. The maximum absolute atomic E-state index is 12.6. The molecule has 0 radical (unpaired) electrons. The molecule has 1 aliphatic heterocycles. The number of amides is 1. The van der Waals surface area contributed by atoms with Crippen LogP contribution in [0, 0.1) is 0 Å². The molecule has 6 nitrogen and oxygen atoms in total. The van der Waals surface area contributed by atoms with Gasteiger partial charge in [-0.3, -0.25) is 9.69 Å². The van der Waals surface area contributed by atoms with Crippen molar-refractivity contribution >= 4 is 5.91 Å². The van der Waals surface area contributed by atoms with Crippen LogP contribution in [-0.2, 0) is 11.3 Å². The van der Waals surface area contributed by atoms with Crippen molar-refractivity contribution in [3.63, 3.8) is 0 Å². The first kappa shape index (κ1) is 19.5. The molecule has 1 unspecified atom stereocenters. The predicted octanol–water partition coefficient (Wildman–Crippen LogP) is 1.87. The third-order valence-electron chi connectivity index (χ3n) is 4.80. The molecule has 1 atom stereocenters. The number of benzene rings is 1. The summed E-state index contributed by atoms with van der Waals surface area (Å²) in [6.07, 6.45) is 1.63. The number of methoxy groups -OCH3 is 2. The Morgan fingerprint density at radius 2 is 1.88 bits per heavy atom. The summed E-state index contributed by atoms with van der Waals surface area (Å²) >= 11 is 0. The molecule has 1 aliphatic rings. The summed E-state index contributed by atoms with van der Waals surface area (Å²) in [4.78, 5) is 16.8. The third-order valence-corrected chi connectivity index (χ3v) is 4.80. The second-order valence-corrected chi connectivity index (χ2v) is 6.91. The summed E-state index contributed by atoms with van der Waals surface area (Å²) in [6.45, 7) is 7.74. The summed E-state index contributed by atoms with van der Waals surface area (Å²) in [6, 6.07) is 5.84. The van der Waals surface area contributed by atoms with Crippen molar-refractivity contribution < 1.29 is 14.3 Å². The number of rotatable bonds is 7. The molecular weight excluding hydrogens is 318 g/mol. The number of carbonyl (C=O) groups excluding carboxylic acids is 1.